The summed E-state index contributed by atoms with van der Waals surface area (Å²) in [6.45, 7) is 2.17. The summed E-state index contributed by atoms with van der Waals surface area (Å²) >= 11 is 0. The molecule has 78 valence electrons. The van der Waals surface area contributed by atoms with Crippen molar-refractivity contribution in [2.45, 2.75) is 44.3 Å². The minimum absolute atomic E-state index is 0.159. The molecule has 1 unspecified atom stereocenters. The summed E-state index contributed by atoms with van der Waals surface area (Å²) in [6.07, 6.45) is 3.55. The summed E-state index contributed by atoms with van der Waals surface area (Å²) in [6, 6.07) is 0. The van der Waals surface area contributed by atoms with Gasteiger partial charge in [0.25, 0.3) is 0 Å². The zero-order valence-electron chi connectivity index (χ0n) is 8.40. The van der Waals surface area contributed by atoms with Gasteiger partial charge in [-0.25, -0.2) is 0 Å². The molecule has 2 saturated carbocycles. The number of carbonyl (C=O) groups is 1. The van der Waals surface area contributed by atoms with Crippen LogP contribution in [0.15, 0.2) is 0 Å². The second kappa shape index (κ2) is 2.51. The Morgan fingerprint density at radius 1 is 1.43 bits per heavy atom. The fourth-order valence-electron chi connectivity index (χ4n) is 3.73. The van der Waals surface area contributed by atoms with Crippen LogP contribution in [-0.4, -0.2) is 22.8 Å². The Labute approximate surface area is 83.4 Å². The van der Waals surface area contributed by atoms with E-state index >= 15 is 0 Å². The Hall–Kier alpha value is -0.570. The van der Waals surface area contributed by atoms with Crippen molar-refractivity contribution < 1.29 is 14.6 Å². The van der Waals surface area contributed by atoms with Crippen LogP contribution in [0.2, 0.25) is 0 Å². The van der Waals surface area contributed by atoms with Crippen LogP contribution in [-0.2, 0) is 9.53 Å². The lowest BCUT2D eigenvalue weighted by molar-refractivity contribution is -0.145. The van der Waals surface area contributed by atoms with E-state index in [1.807, 2.05) is 0 Å². The molecule has 0 amide bonds. The first-order valence-corrected chi connectivity index (χ1v) is 5.55. The molecule has 0 aromatic heterocycles. The van der Waals surface area contributed by atoms with E-state index in [4.69, 9.17) is 4.74 Å². The molecule has 0 radical (unpaired) electrons. The van der Waals surface area contributed by atoms with Crippen molar-refractivity contribution in [3.05, 3.63) is 0 Å². The Morgan fingerprint density at radius 2 is 2.21 bits per heavy atom. The first-order valence-electron chi connectivity index (χ1n) is 5.55. The lowest BCUT2D eigenvalue weighted by atomic mass is 9.67. The van der Waals surface area contributed by atoms with Crippen LogP contribution in [0.1, 0.15) is 32.6 Å². The van der Waals surface area contributed by atoms with E-state index in [1.54, 1.807) is 0 Å². The molecule has 3 aliphatic rings. The third kappa shape index (κ3) is 0.842. The normalized spacial score (nSPS) is 55.7. The van der Waals surface area contributed by atoms with Crippen LogP contribution >= 0.6 is 0 Å². The van der Waals surface area contributed by atoms with E-state index in [2.05, 4.69) is 6.92 Å². The zero-order chi connectivity index (χ0) is 9.92. The van der Waals surface area contributed by atoms with Gasteiger partial charge < -0.3 is 9.84 Å². The summed E-state index contributed by atoms with van der Waals surface area (Å²) < 4.78 is 5.26. The van der Waals surface area contributed by atoms with Crippen LogP contribution in [0.3, 0.4) is 0 Å². The molecule has 3 nitrogen and oxygen atoms in total. The van der Waals surface area contributed by atoms with Crippen LogP contribution < -0.4 is 0 Å². The van der Waals surface area contributed by atoms with Crippen molar-refractivity contribution in [3.8, 4) is 0 Å². The number of ether oxygens (including phenoxy) is 1. The standard InChI is InChI=1S/C11H16O3/c1-6-4-7-2-3-9-11(7,13)8(5-6)10(12)14-9/h6-9,13H,2-5H2,1H3/t6-,7+,8?,9+,11-/m0/s1. The molecular weight excluding hydrogens is 180 g/mol. The SMILES string of the molecule is C[C@@H]1CC2C(=O)O[C@@H]3CC[C@H](C1)[C@]23O. The minimum atomic E-state index is -0.802. The predicted octanol–water partition coefficient (Wildman–Crippen LogP) is 1.10. The van der Waals surface area contributed by atoms with Gasteiger partial charge in [0.15, 0.2) is 0 Å². The number of esters is 1. The van der Waals surface area contributed by atoms with E-state index in [9.17, 15) is 9.90 Å². The van der Waals surface area contributed by atoms with Crippen LogP contribution in [0, 0.1) is 17.8 Å². The molecule has 1 N–H and O–H groups in total. The highest BCUT2D eigenvalue weighted by molar-refractivity contribution is 5.77. The summed E-state index contributed by atoms with van der Waals surface area (Å²) in [5, 5.41) is 10.6. The number of hydrogen-bond acceptors (Lipinski definition) is 3. The third-order valence-electron chi connectivity index (χ3n) is 4.37. The van der Waals surface area contributed by atoms with Crippen molar-refractivity contribution in [2.24, 2.45) is 17.8 Å². The molecule has 0 bridgehead atoms. The maximum absolute atomic E-state index is 11.6. The smallest absolute Gasteiger partial charge is 0.312 e. The van der Waals surface area contributed by atoms with Crippen LogP contribution in [0.5, 0.6) is 0 Å². The van der Waals surface area contributed by atoms with Gasteiger partial charge in [0.1, 0.15) is 11.7 Å². The summed E-state index contributed by atoms with van der Waals surface area (Å²) in [4.78, 5) is 11.6. The first-order chi connectivity index (χ1) is 6.62. The van der Waals surface area contributed by atoms with Gasteiger partial charge in [-0.1, -0.05) is 6.92 Å². The van der Waals surface area contributed by atoms with Crippen molar-refractivity contribution in [3.63, 3.8) is 0 Å². The van der Waals surface area contributed by atoms with Gasteiger partial charge in [-0.05, 0) is 37.5 Å². The molecule has 3 heteroatoms. The van der Waals surface area contributed by atoms with E-state index < -0.39 is 5.60 Å². The summed E-state index contributed by atoms with van der Waals surface area (Å²) in [5.74, 6) is 0.458. The van der Waals surface area contributed by atoms with Crippen molar-refractivity contribution >= 4 is 5.97 Å². The van der Waals surface area contributed by atoms with E-state index in [1.165, 1.54) is 0 Å². The van der Waals surface area contributed by atoms with E-state index in [0.717, 1.165) is 25.7 Å². The van der Waals surface area contributed by atoms with Gasteiger partial charge in [0.2, 0.25) is 0 Å². The van der Waals surface area contributed by atoms with Crippen molar-refractivity contribution in [2.75, 3.05) is 0 Å². The number of rotatable bonds is 0. The molecule has 1 heterocycles. The second-order valence-electron chi connectivity index (χ2n) is 5.22. The van der Waals surface area contributed by atoms with Crippen LogP contribution in [0.4, 0.5) is 0 Å². The predicted molar refractivity (Wildman–Crippen MR) is 49.4 cm³/mol. The largest absolute Gasteiger partial charge is 0.459 e. The Balaban J connectivity index is 2.01. The summed E-state index contributed by atoms with van der Waals surface area (Å²) in [7, 11) is 0. The molecule has 1 saturated heterocycles. The highest BCUT2D eigenvalue weighted by Gasteiger charge is 2.65. The molecule has 5 atom stereocenters. The molecular formula is C11H16O3. The average molecular weight is 196 g/mol. The lowest BCUT2D eigenvalue weighted by Crippen LogP contribution is -2.49. The van der Waals surface area contributed by atoms with Gasteiger partial charge in [-0.2, -0.15) is 0 Å². The molecule has 0 spiro atoms. The Bertz CT molecular complexity index is 288. The van der Waals surface area contributed by atoms with Crippen LogP contribution in [0.25, 0.3) is 0 Å². The molecule has 3 fully saturated rings. The van der Waals surface area contributed by atoms with Gasteiger partial charge >= 0.3 is 5.97 Å². The van der Waals surface area contributed by atoms with E-state index in [-0.39, 0.29) is 18.0 Å². The maximum atomic E-state index is 11.6. The third-order valence-corrected chi connectivity index (χ3v) is 4.37. The molecule has 0 aromatic carbocycles. The van der Waals surface area contributed by atoms with Gasteiger partial charge in [-0.3, -0.25) is 4.79 Å². The van der Waals surface area contributed by atoms with Gasteiger partial charge in [0.05, 0.1) is 5.92 Å². The van der Waals surface area contributed by atoms with Crippen molar-refractivity contribution in [1.29, 1.82) is 0 Å². The maximum Gasteiger partial charge on any atom is 0.312 e. The monoisotopic (exact) mass is 196 g/mol. The number of aliphatic hydroxyl groups is 1. The average Bonchev–Trinajstić information content (AvgIpc) is 2.55. The number of carbonyl (C=O) groups excluding carboxylic acids is 1. The zero-order valence-corrected chi connectivity index (χ0v) is 8.40. The highest BCUT2D eigenvalue weighted by atomic mass is 16.6. The Kier molecular flexibility index (Phi) is 1.56. The lowest BCUT2D eigenvalue weighted by Gasteiger charge is -2.39. The minimum Gasteiger partial charge on any atom is -0.459 e. The fraction of sp³-hybridized carbons (Fsp3) is 0.909. The molecule has 0 aromatic rings. The first kappa shape index (κ1) is 8.72. The Morgan fingerprint density at radius 3 is 3.00 bits per heavy atom. The van der Waals surface area contributed by atoms with E-state index in [0.29, 0.717) is 11.8 Å². The molecule has 14 heavy (non-hydrogen) atoms. The van der Waals surface area contributed by atoms with Gasteiger partial charge in [-0.15, -0.1) is 0 Å². The topological polar surface area (TPSA) is 46.5 Å². The van der Waals surface area contributed by atoms with Gasteiger partial charge in [0, 0.05) is 0 Å². The summed E-state index contributed by atoms with van der Waals surface area (Å²) in [5.41, 5.74) is -0.802. The fourth-order valence-corrected chi connectivity index (χ4v) is 3.73. The molecule has 3 rings (SSSR count). The molecule has 2 aliphatic carbocycles. The molecule has 1 aliphatic heterocycles. The number of hydrogen-bond donors (Lipinski definition) is 1. The highest BCUT2D eigenvalue weighted by Crippen LogP contribution is 2.55. The second-order valence-corrected chi connectivity index (χ2v) is 5.22. The quantitative estimate of drug-likeness (QED) is 0.590. The van der Waals surface area contributed by atoms with Crippen molar-refractivity contribution in [1.82, 2.24) is 0 Å².